The molecule has 0 bridgehead atoms. The van der Waals surface area contributed by atoms with Crippen molar-refractivity contribution < 1.29 is 4.42 Å². The number of nitrogens with zero attached hydrogens (tertiary/aromatic N) is 2. The molecule has 0 radical (unpaired) electrons. The summed E-state index contributed by atoms with van der Waals surface area (Å²) >= 11 is 14.6. The molecule has 41 heavy (non-hydrogen) atoms. The van der Waals surface area contributed by atoms with Gasteiger partial charge in [0.05, 0.1) is 15.1 Å². The van der Waals surface area contributed by atoms with E-state index in [1.54, 1.807) is 11.8 Å². The number of hydrogen-bond donors (Lipinski definition) is 2. The first-order valence-electron chi connectivity index (χ1n) is 13.8. The normalized spacial score (nSPS) is 11.7. The molecule has 0 unspecified atom stereocenters. The minimum atomic E-state index is 0.298. The topological polar surface area (TPSA) is 61.4 Å². The van der Waals surface area contributed by atoms with E-state index in [1.807, 2.05) is 29.4 Å². The second-order valence-corrected chi connectivity index (χ2v) is 12.9. The highest BCUT2D eigenvalue weighted by atomic mass is 79.9. The Bertz CT molecular complexity index is 1700. The lowest BCUT2D eigenvalue weighted by Gasteiger charge is -2.25. The van der Waals surface area contributed by atoms with Crippen LogP contribution in [0.25, 0.3) is 21.9 Å². The number of nitrogens with two attached hydrogens (primary N) is 1. The molecule has 0 fully saturated rings. The third-order valence-electron chi connectivity index (χ3n) is 7.65. The van der Waals surface area contributed by atoms with Crippen molar-refractivity contribution in [3.8, 4) is 0 Å². The average molecular weight is 715 g/mol. The summed E-state index contributed by atoms with van der Waals surface area (Å²) in [6.45, 7) is 7.46. The van der Waals surface area contributed by atoms with Crippen LogP contribution in [0, 0.1) is 0 Å². The van der Waals surface area contributed by atoms with Gasteiger partial charge in [0, 0.05) is 45.2 Å². The van der Waals surface area contributed by atoms with Crippen molar-refractivity contribution >= 4 is 94.2 Å². The van der Waals surface area contributed by atoms with Crippen LogP contribution in [0.1, 0.15) is 30.7 Å². The van der Waals surface area contributed by atoms with E-state index in [0.29, 0.717) is 5.11 Å². The molecule has 0 aliphatic rings. The quantitative estimate of drug-likeness (QED) is 0.105. The largest absolute Gasteiger partial charge is 0.463 e. The molecule has 9 heteroatoms. The van der Waals surface area contributed by atoms with E-state index in [-0.39, 0.29) is 0 Å². The van der Waals surface area contributed by atoms with E-state index in [0.717, 1.165) is 70.3 Å². The lowest BCUT2D eigenvalue weighted by Crippen LogP contribution is -2.31. The molecule has 0 saturated carbocycles. The van der Waals surface area contributed by atoms with E-state index in [1.165, 1.54) is 32.5 Å². The smallest absolute Gasteiger partial charge is 0.175 e. The summed E-state index contributed by atoms with van der Waals surface area (Å²) in [5.74, 6) is 0. The lowest BCUT2D eigenvalue weighted by atomic mass is 10.0. The number of hydrogen-bond acceptors (Lipinski definition) is 4. The summed E-state index contributed by atoms with van der Waals surface area (Å²) in [6, 6.07) is 19.0. The standard InChI is InChI=1S/C32H34Br2N4OS2/c1-4-26-22(14-16-37(5-2)15-13-20-9-12-29-24(17-20)30(41-3)19-39-29)23-18-21(10-11-27(23)36-26)38(32(35)40)28-8-6-7-25(33)31(28)34/h6-12,17-19,36H,4-5,13-16H2,1-3H3,(H2,35,40). The third-order valence-corrected chi connectivity index (χ3v) is 10.6. The number of likely N-dealkylation sites (N-methyl/N-ethyl adjacent to an activating group) is 1. The third kappa shape index (κ3) is 6.39. The number of aromatic nitrogens is 1. The number of thioether (sulfide) groups is 1. The fraction of sp³-hybridized carbons (Fsp3) is 0.281. The molecule has 0 aliphatic carbocycles. The van der Waals surface area contributed by atoms with E-state index in [9.17, 15) is 0 Å². The van der Waals surface area contributed by atoms with Crippen molar-refractivity contribution in [3.63, 3.8) is 0 Å². The number of benzene rings is 3. The SMILES string of the molecule is CCc1[nH]c2ccc(N(C(N)=S)c3cccc(Br)c3Br)cc2c1CCN(CC)CCc1ccc2occ(SC)c2c1. The van der Waals surface area contributed by atoms with E-state index >= 15 is 0 Å². The predicted molar refractivity (Wildman–Crippen MR) is 186 cm³/mol. The zero-order valence-electron chi connectivity index (χ0n) is 23.5. The summed E-state index contributed by atoms with van der Waals surface area (Å²) in [4.78, 5) is 9.32. The zero-order chi connectivity index (χ0) is 29.1. The van der Waals surface area contributed by atoms with Crippen molar-refractivity contribution in [2.45, 2.75) is 38.0 Å². The van der Waals surface area contributed by atoms with Crippen LogP contribution in [-0.4, -0.2) is 40.9 Å². The van der Waals surface area contributed by atoms with Crippen molar-refractivity contribution in [2.24, 2.45) is 5.73 Å². The van der Waals surface area contributed by atoms with Gasteiger partial charge < -0.3 is 20.0 Å². The van der Waals surface area contributed by atoms with E-state index in [2.05, 4.69) is 98.2 Å². The first-order chi connectivity index (χ1) is 19.8. The zero-order valence-corrected chi connectivity index (χ0v) is 28.3. The first-order valence-corrected chi connectivity index (χ1v) is 17.0. The van der Waals surface area contributed by atoms with Crippen LogP contribution in [0.15, 0.2) is 79.1 Å². The Morgan fingerprint density at radius 3 is 2.56 bits per heavy atom. The van der Waals surface area contributed by atoms with Gasteiger partial charge in [0.15, 0.2) is 5.11 Å². The summed E-state index contributed by atoms with van der Waals surface area (Å²) in [6.07, 6.45) is 6.87. The molecule has 0 amide bonds. The maximum atomic E-state index is 6.27. The highest BCUT2D eigenvalue weighted by molar-refractivity contribution is 9.13. The molecule has 5 nitrogen and oxygen atoms in total. The molecule has 0 aliphatic heterocycles. The molecule has 3 aromatic carbocycles. The Morgan fingerprint density at radius 1 is 1.02 bits per heavy atom. The summed E-state index contributed by atoms with van der Waals surface area (Å²) < 4.78 is 7.55. The van der Waals surface area contributed by atoms with Crippen LogP contribution in [0.5, 0.6) is 0 Å². The number of aromatic amines is 1. The monoisotopic (exact) mass is 712 g/mol. The van der Waals surface area contributed by atoms with E-state index < -0.39 is 0 Å². The molecule has 0 saturated heterocycles. The highest BCUT2D eigenvalue weighted by Crippen LogP contribution is 2.38. The van der Waals surface area contributed by atoms with Gasteiger partial charge in [-0.3, -0.25) is 4.90 Å². The molecule has 0 atom stereocenters. The minimum Gasteiger partial charge on any atom is -0.463 e. The fourth-order valence-electron chi connectivity index (χ4n) is 5.42. The lowest BCUT2D eigenvalue weighted by molar-refractivity contribution is 0.295. The first kappa shape index (κ1) is 30.2. The van der Waals surface area contributed by atoms with Crippen molar-refractivity contribution in [1.82, 2.24) is 9.88 Å². The molecule has 2 heterocycles. The molecule has 214 valence electrons. The summed E-state index contributed by atoms with van der Waals surface area (Å²) in [5.41, 5.74) is 14.2. The number of nitrogens with one attached hydrogen (secondary N) is 1. The molecule has 5 aromatic rings. The van der Waals surface area contributed by atoms with Crippen LogP contribution in [-0.2, 0) is 19.3 Å². The van der Waals surface area contributed by atoms with Gasteiger partial charge in [0.2, 0.25) is 0 Å². The fourth-order valence-corrected chi connectivity index (χ4v) is 6.94. The second kappa shape index (κ2) is 13.3. The Labute approximate surface area is 268 Å². The molecule has 5 rings (SSSR count). The van der Waals surface area contributed by atoms with Crippen LogP contribution in [0.3, 0.4) is 0 Å². The molecule has 0 spiro atoms. The van der Waals surface area contributed by atoms with Gasteiger partial charge in [-0.15, -0.1) is 11.8 Å². The Balaban J connectivity index is 1.37. The van der Waals surface area contributed by atoms with Crippen molar-refractivity contribution in [3.05, 3.63) is 86.6 Å². The second-order valence-electron chi connectivity index (χ2n) is 9.98. The molecular weight excluding hydrogens is 680 g/mol. The number of H-pyrrole nitrogens is 1. The van der Waals surface area contributed by atoms with Crippen LogP contribution < -0.4 is 10.6 Å². The maximum Gasteiger partial charge on any atom is 0.175 e. The van der Waals surface area contributed by atoms with Crippen LogP contribution in [0.2, 0.25) is 0 Å². The van der Waals surface area contributed by atoms with Crippen molar-refractivity contribution in [1.29, 1.82) is 0 Å². The summed E-state index contributed by atoms with van der Waals surface area (Å²) in [7, 11) is 0. The Kier molecular flexibility index (Phi) is 9.81. The van der Waals surface area contributed by atoms with Gasteiger partial charge in [-0.25, -0.2) is 0 Å². The van der Waals surface area contributed by atoms with Gasteiger partial charge in [-0.2, -0.15) is 0 Å². The van der Waals surface area contributed by atoms with Gasteiger partial charge in [-0.1, -0.05) is 26.0 Å². The number of furan rings is 1. The molecule has 2 aromatic heterocycles. The highest BCUT2D eigenvalue weighted by Gasteiger charge is 2.19. The minimum absolute atomic E-state index is 0.298. The van der Waals surface area contributed by atoms with Gasteiger partial charge in [-0.05, 0) is 130 Å². The van der Waals surface area contributed by atoms with Gasteiger partial charge in [0.25, 0.3) is 0 Å². The van der Waals surface area contributed by atoms with Crippen molar-refractivity contribution in [2.75, 3.05) is 30.8 Å². The van der Waals surface area contributed by atoms with Crippen LogP contribution >= 0.6 is 55.8 Å². The number of anilines is 2. The molecule has 3 N–H and O–H groups in total. The Morgan fingerprint density at radius 2 is 1.83 bits per heavy atom. The Hall–Kier alpha value is -2.30. The predicted octanol–water partition coefficient (Wildman–Crippen LogP) is 9.21. The number of rotatable bonds is 11. The number of halogens is 2. The number of aryl methyl sites for hydroxylation is 1. The van der Waals surface area contributed by atoms with E-state index in [4.69, 9.17) is 22.4 Å². The summed E-state index contributed by atoms with van der Waals surface area (Å²) in [5, 5.41) is 2.73. The van der Waals surface area contributed by atoms with Gasteiger partial charge >= 0.3 is 0 Å². The maximum absolute atomic E-state index is 6.27. The number of thiocarbonyl (C=S) groups is 1. The van der Waals surface area contributed by atoms with Gasteiger partial charge in [0.1, 0.15) is 11.8 Å². The molecular formula is C32H34Br2N4OS2. The number of fused-ring (bicyclic) bond motifs is 2. The average Bonchev–Trinajstić information content (AvgIpc) is 3.55. The van der Waals surface area contributed by atoms with Crippen LogP contribution in [0.4, 0.5) is 11.4 Å².